The first-order valence-corrected chi connectivity index (χ1v) is 8.18. The number of aromatic nitrogens is 1. The van der Waals surface area contributed by atoms with Crippen LogP contribution in [0.5, 0.6) is 0 Å². The van der Waals surface area contributed by atoms with E-state index in [0.717, 1.165) is 25.7 Å². The Hall–Kier alpha value is -2.31. The number of methoxy groups -OCH3 is 1. The molecule has 1 amide bonds. The quantitative estimate of drug-likeness (QED) is 0.802. The smallest absolute Gasteiger partial charge is 0.355 e. The molecule has 0 unspecified atom stereocenters. The summed E-state index contributed by atoms with van der Waals surface area (Å²) in [5, 5.41) is 2.88. The summed E-state index contributed by atoms with van der Waals surface area (Å²) >= 11 is 0. The number of rotatable bonds is 5. The van der Waals surface area contributed by atoms with Crippen LogP contribution >= 0.6 is 0 Å². The van der Waals surface area contributed by atoms with Gasteiger partial charge in [0.25, 0.3) is 5.91 Å². The molecule has 7 heteroatoms. The van der Waals surface area contributed by atoms with E-state index in [1.165, 1.54) is 13.5 Å². The molecule has 0 saturated heterocycles. The zero-order valence-electron chi connectivity index (χ0n) is 14.4. The summed E-state index contributed by atoms with van der Waals surface area (Å²) in [4.78, 5) is 38.6. The Balaban J connectivity index is 1.92. The lowest BCUT2D eigenvalue weighted by atomic mass is 9.95. The van der Waals surface area contributed by atoms with Gasteiger partial charge in [0, 0.05) is 11.7 Å². The standard InChI is InChI=1S/C17H24N2O5/c1-10-14(16(21)23-3)11(2)18-15(10)17(22)24-9-13(20)19-12-7-5-4-6-8-12/h12,18H,4-9H2,1-3H3,(H,19,20). The predicted octanol–water partition coefficient (Wildman–Crippen LogP) is 2.02. The molecule has 2 N–H and O–H groups in total. The molecule has 0 radical (unpaired) electrons. The Morgan fingerprint density at radius 1 is 1.12 bits per heavy atom. The molecule has 1 aliphatic rings. The molecule has 132 valence electrons. The van der Waals surface area contributed by atoms with Gasteiger partial charge in [0.15, 0.2) is 6.61 Å². The van der Waals surface area contributed by atoms with Gasteiger partial charge in [-0.3, -0.25) is 4.79 Å². The molecule has 7 nitrogen and oxygen atoms in total. The van der Waals surface area contributed by atoms with Crippen LogP contribution in [0.25, 0.3) is 0 Å². The fourth-order valence-electron chi connectivity index (χ4n) is 3.08. The topological polar surface area (TPSA) is 97.5 Å². The second-order valence-corrected chi connectivity index (χ2v) is 6.10. The molecule has 1 aromatic rings. The molecule has 0 bridgehead atoms. The summed E-state index contributed by atoms with van der Waals surface area (Å²) in [5.74, 6) is -1.48. The fraction of sp³-hybridized carbons (Fsp3) is 0.588. The van der Waals surface area contributed by atoms with Gasteiger partial charge in [0.05, 0.1) is 12.7 Å². The number of carbonyl (C=O) groups excluding carboxylic acids is 3. The van der Waals surface area contributed by atoms with E-state index < -0.39 is 11.9 Å². The average Bonchev–Trinajstić information content (AvgIpc) is 2.87. The van der Waals surface area contributed by atoms with Crippen LogP contribution in [0.2, 0.25) is 0 Å². The van der Waals surface area contributed by atoms with Gasteiger partial charge in [-0.25, -0.2) is 9.59 Å². The van der Waals surface area contributed by atoms with Crippen LogP contribution in [0.3, 0.4) is 0 Å². The van der Waals surface area contributed by atoms with Crippen LogP contribution in [0, 0.1) is 13.8 Å². The normalized spacial score (nSPS) is 15.0. The second kappa shape index (κ2) is 7.99. The molecule has 1 aliphatic carbocycles. The average molecular weight is 336 g/mol. The maximum absolute atomic E-state index is 12.2. The number of hydrogen-bond donors (Lipinski definition) is 2. The van der Waals surface area contributed by atoms with E-state index in [2.05, 4.69) is 10.3 Å². The predicted molar refractivity (Wildman–Crippen MR) is 86.9 cm³/mol. The maximum atomic E-state index is 12.2. The number of aromatic amines is 1. The van der Waals surface area contributed by atoms with Gasteiger partial charge in [-0.2, -0.15) is 0 Å². The summed E-state index contributed by atoms with van der Waals surface area (Å²) < 4.78 is 9.76. The van der Waals surface area contributed by atoms with Gasteiger partial charge >= 0.3 is 11.9 Å². The zero-order valence-corrected chi connectivity index (χ0v) is 14.4. The van der Waals surface area contributed by atoms with E-state index >= 15 is 0 Å². The molecule has 1 saturated carbocycles. The number of hydrogen-bond acceptors (Lipinski definition) is 5. The molecular formula is C17H24N2O5. The van der Waals surface area contributed by atoms with Gasteiger partial charge in [-0.05, 0) is 32.3 Å². The summed E-state index contributed by atoms with van der Waals surface area (Å²) in [5.41, 5.74) is 1.46. The first-order chi connectivity index (χ1) is 11.4. The minimum absolute atomic E-state index is 0.165. The molecule has 0 aliphatic heterocycles. The molecule has 0 spiro atoms. The molecule has 1 aromatic heterocycles. The zero-order chi connectivity index (χ0) is 17.7. The number of nitrogens with one attached hydrogen (secondary N) is 2. The van der Waals surface area contributed by atoms with E-state index in [-0.39, 0.29) is 24.2 Å². The number of ether oxygens (including phenoxy) is 2. The van der Waals surface area contributed by atoms with Crippen molar-refractivity contribution in [2.75, 3.05) is 13.7 Å². The molecule has 24 heavy (non-hydrogen) atoms. The lowest BCUT2D eigenvalue weighted by Gasteiger charge is -2.22. The minimum atomic E-state index is -0.662. The van der Waals surface area contributed by atoms with Crippen molar-refractivity contribution in [1.82, 2.24) is 10.3 Å². The first kappa shape index (κ1) is 18.0. The van der Waals surface area contributed by atoms with Crippen molar-refractivity contribution in [2.45, 2.75) is 52.0 Å². The van der Waals surface area contributed by atoms with Crippen LogP contribution < -0.4 is 5.32 Å². The summed E-state index contributed by atoms with van der Waals surface area (Å²) in [6, 6.07) is 0.172. The van der Waals surface area contributed by atoms with Gasteiger partial charge in [-0.1, -0.05) is 19.3 Å². The summed E-state index contributed by atoms with van der Waals surface area (Å²) in [6.07, 6.45) is 5.37. The Morgan fingerprint density at radius 3 is 2.42 bits per heavy atom. The monoisotopic (exact) mass is 336 g/mol. The van der Waals surface area contributed by atoms with Crippen molar-refractivity contribution in [1.29, 1.82) is 0 Å². The highest BCUT2D eigenvalue weighted by Crippen LogP contribution is 2.20. The van der Waals surface area contributed by atoms with E-state index in [1.54, 1.807) is 13.8 Å². The number of amides is 1. The van der Waals surface area contributed by atoms with Gasteiger partial charge < -0.3 is 19.8 Å². The summed E-state index contributed by atoms with van der Waals surface area (Å²) in [6.45, 7) is 2.97. The van der Waals surface area contributed by atoms with Crippen molar-refractivity contribution in [3.8, 4) is 0 Å². The Morgan fingerprint density at radius 2 is 1.79 bits per heavy atom. The van der Waals surface area contributed by atoms with Gasteiger partial charge in [-0.15, -0.1) is 0 Å². The third kappa shape index (κ3) is 4.15. The number of H-pyrrole nitrogens is 1. The number of carbonyl (C=O) groups is 3. The van der Waals surface area contributed by atoms with Crippen LogP contribution in [-0.2, 0) is 14.3 Å². The molecule has 1 fully saturated rings. The van der Waals surface area contributed by atoms with Gasteiger partial charge in [0.2, 0.25) is 0 Å². The van der Waals surface area contributed by atoms with E-state index in [1.807, 2.05) is 0 Å². The van der Waals surface area contributed by atoms with E-state index in [4.69, 9.17) is 9.47 Å². The van der Waals surface area contributed by atoms with Crippen molar-refractivity contribution in [3.63, 3.8) is 0 Å². The molecule has 2 rings (SSSR count). The number of esters is 2. The fourth-order valence-corrected chi connectivity index (χ4v) is 3.08. The highest BCUT2D eigenvalue weighted by molar-refractivity contribution is 5.99. The van der Waals surface area contributed by atoms with Crippen molar-refractivity contribution >= 4 is 17.8 Å². The SMILES string of the molecule is COC(=O)c1c(C)[nH]c(C(=O)OCC(=O)NC2CCCCC2)c1C. The molecule has 0 aromatic carbocycles. The van der Waals surface area contributed by atoms with Crippen molar-refractivity contribution < 1.29 is 23.9 Å². The highest BCUT2D eigenvalue weighted by Gasteiger charge is 2.24. The molecule has 1 heterocycles. The van der Waals surface area contributed by atoms with Crippen LogP contribution in [0.1, 0.15) is 64.2 Å². The van der Waals surface area contributed by atoms with Crippen LogP contribution in [-0.4, -0.2) is 42.6 Å². The van der Waals surface area contributed by atoms with Crippen LogP contribution in [0.15, 0.2) is 0 Å². The third-order valence-electron chi connectivity index (χ3n) is 4.34. The first-order valence-electron chi connectivity index (χ1n) is 8.18. The molecular weight excluding hydrogens is 312 g/mol. The number of aryl methyl sites for hydroxylation is 1. The molecule has 0 atom stereocenters. The van der Waals surface area contributed by atoms with Crippen molar-refractivity contribution in [2.24, 2.45) is 0 Å². The Labute approximate surface area is 141 Å². The minimum Gasteiger partial charge on any atom is -0.465 e. The third-order valence-corrected chi connectivity index (χ3v) is 4.34. The largest absolute Gasteiger partial charge is 0.465 e. The van der Waals surface area contributed by atoms with E-state index in [9.17, 15) is 14.4 Å². The lowest BCUT2D eigenvalue weighted by Crippen LogP contribution is -2.38. The van der Waals surface area contributed by atoms with Crippen molar-refractivity contribution in [3.05, 3.63) is 22.5 Å². The van der Waals surface area contributed by atoms with E-state index in [0.29, 0.717) is 16.8 Å². The highest BCUT2D eigenvalue weighted by atomic mass is 16.5. The van der Waals surface area contributed by atoms with Crippen LogP contribution in [0.4, 0.5) is 0 Å². The maximum Gasteiger partial charge on any atom is 0.355 e. The second-order valence-electron chi connectivity index (χ2n) is 6.10. The Bertz CT molecular complexity index is 629. The Kier molecular flexibility index (Phi) is 6.00. The van der Waals surface area contributed by atoms with Gasteiger partial charge in [0.1, 0.15) is 5.69 Å². The summed E-state index contributed by atoms with van der Waals surface area (Å²) in [7, 11) is 1.28. The lowest BCUT2D eigenvalue weighted by molar-refractivity contribution is -0.125.